The van der Waals surface area contributed by atoms with Gasteiger partial charge in [0.25, 0.3) is 0 Å². The fourth-order valence-corrected chi connectivity index (χ4v) is 1.42. The van der Waals surface area contributed by atoms with Gasteiger partial charge in [0, 0.05) is 6.54 Å². The van der Waals surface area contributed by atoms with E-state index in [2.05, 4.69) is 26.0 Å². The Labute approximate surface area is 92.4 Å². The van der Waals surface area contributed by atoms with Crippen LogP contribution in [0, 0.1) is 5.92 Å². The molecule has 2 heteroatoms. The lowest BCUT2D eigenvalue weighted by Gasteiger charge is -2.08. The molecular formula is C13H21NO. The molecule has 1 rings (SSSR count). The maximum Gasteiger partial charge on any atom is 0.119 e. The first kappa shape index (κ1) is 12.1. The van der Waals surface area contributed by atoms with Gasteiger partial charge in [0.15, 0.2) is 0 Å². The van der Waals surface area contributed by atoms with Crippen LogP contribution in [0.3, 0.4) is 0 Å². The number of hydrogen-bond acceptors (Lipinski definition) is 2. The third kappa shape index (κ3) is 4.84. The van der Waals surface area contributed by atoms with Gasteiger partial charge >= 0.3 is 0 Å². The first-order valence-corrected chi connectivity index (χ1v) is 5.64. The maximum absolute atomic E-state index is 5.48. The minimum absolute atomic E-state index is 0.566. The molecule has 0 fully saturated rings. The molecule has 0 radical (unpaired) electrons. The van der Waals surface area contributed by atoms with E-state index in [1.165, 1.54) is 12.0 Å². The summed E-state index contributed by atoms with van der Waals surface area (Å²) in [6.45, 7) is 5.65. The van der Waals surface area contributed by atoms with Crippen molar-refractivity contribution >= 4 is 0 Å². The summed E-state index contributed by atoms with van der Waals surface area (Å²) in [6, 6.07) is 8.28. The molecule has 84 valence electrons. The first-order valence-electron chi connectivity index (χ1n) is 5.64. The van der Waals surface area contributed by atoms with Crippen LogP contribution in [0.2, 0.25) is 0 Å². The molecule has 0 heterocycles. The Morgan fingerprint density at radius 1 is 1.33 bits per heavy atom. The van der Waals surface area contributed by atoms with E-state index in [1.54, 1.807) is 0 Å². The summed E-state index contributed by atoms with van der Waals surface area (Å²) in [7, 11) is 0. The molecule has 0 unspecified atom stereocenters. The Morgan fingerprint density at radius 3 is 2.80 bits per heavy atom. The van der Waals surface area contributed by atoms with Crippen molar-refractivity contribution in [3.05, 3.63) is 29.8 Å². The highest BCUT2D eigenvalue weighted by atomic mass is 16.5. The summed E-state index contributed by atoms with van der Waals surface area (Å²) in [4.78, 5) is 0. The number of nitrogens with two attached hydrogens (primary N) is 1. The molecule has 0 aliphatic carbocycles. The lowest BCUT2D eigenvalue weighted by atomic mass is 10.0. The molecule has 0 bridgehead atoms. The van der Waals surface area contributed by atoms with Crippen LogP contribution in [0.15, 0.2) is 24.3 Å². The molecule has 15 heavy (non-hydrogen) atoms. The van der Waals surface area contributed by atoms with E-state index in [0.29, 0.717) is 13.2 Å². The van der Waals surface area contributed by atoms with Crippen molar-refractivity contribution in [1.82, 2.24) is 0 Å². The van der Waals surface area contributed by atoms with E-state index in [-0.39, 0.29) is 0 Å². The van der Waals surface area contributed by atoms with Crippen molar-refractivity contribution < 1.29 is 4.74 Å². The molecule has 0 spiro atoms. The van der Waals surface area contributed by atoms with Crippen molar-refractivity contribution in [2.45, 2.75) is 26.7 Å². The maximum atomic E-state index is 5.48. The molecular weight excluding hydrogens is 186 g/mol. The van der Waals surface area contributed by atoms with Gasteiger partial charge in [0.1, 0.15) is 12.4 Å². The van der Waals surface area contributed by atoms with Gasteiger partial charge in [-0.15, -0.1) is 0 Å². The molecule has 2 nitrogen and oxygen atoms in total. The summed E-state index contributed by atoms with van der Waals surface area (Å²) in [5.74, 6) is 1.68. The average molecular weight is 207 g/mol. The number of ether oxygens (including phenoxy) is 1. The standard InChI is InChI=1S/C13H21NO/c1-11(2)6-7-12-4-3-5-13(10-12)15-9-8-14/h3-5,10-11H,6-9,14H2,1-2H3. The molecule has 0 aliphatic rings. The van der Waals surface area contributed by atoms with Gasteiger partial charge in [-0.05, 0) is 36.5 Å². The van der Waals surface area contributed by atoms with Gasteiger partial charge in [-0.25, -0.2) is 0 Å². The zero-order valence-corrected chi connectivity index (χ0v) is 9.70. The monoisotopic (exact) mass is 207 g/mol. The van der Waals surface area contributed by atoms with E-state index >= 15 is 0 Å². The van der Waals surface area contributed by atoms with Crippen LogP contribution in [-0.2, 0) is 6.42 Å². The highest BCUT2D eigenvalue weighted by Gasteiger charge is 1.99. The van der Waals surface area contributed by atoms with Crippen LogP contribution in [0.4, 0.5) is 0 Å². The fraction of sp³-hybridized carbons (Fsp3) is 0.538. The predicted octanol–water partition coefficient (Wildman–Crippen LogP) is 2.61. The number of hydrogen-bond donors (Lipinski definition) is 1. The Balaban J connectivity index is 2.50. The Bertz CT molecular complexity index is 284. The zero-order chi connectivity index (χ0) is 11.1. The normalized spacial score (nSPS) is 10.7. The van der Waals surface area contributed by atoms with Gasteiger partial charge < -0.3 is 10.5 Å². The summed E-state index contributed by atoms with van der Waals surface area (Å²) in [5, 5.41) is 0. The van der Waals surface area contributed by atoms with Crippen LogP contribution < -0.4 is 10.5 Å². The molecule has 0 saturated carbocycles. The van der Waals surface area contributed by atoms with Crippen LogP contribution in [0.1, 0.15) is 25.8 Å². The van der Waals surface area contributed by atoms with Crippen molar-refractivity contribution in [2.24, 2.45) is 11.7 Å². The van der Waals surface area contributed by atoms with Crippen LogP contribution in [-0.4, -0.2) is 13.2 Å². The molecule has 0 saturated heterocycles. The van der Waals surface area contributed by atoms with E-state index in [0.717, 1.165) is 18.1 Å². The Hall–Kier alpha value is -1.02. The van der Waals surface area contributed by atoms with Crippen molar-refractivity contribution in [1.29, 1.82) is 0 Å². The molecule has 0 aromatic heterocycles. The highest BCUT2D eigenvalue weighted by Crippen LogP contribution is 2.16. The zero-order valence-electron chi connectivity index (χ0n) is 9.70. The minimum Gasteiger partial charge on any atom is -0.492 e. The van der Waals surface area contributed by atoms with Gasteiger partial charge in [-0.2, -0.15) is 0 Å². The minimum atomic E-state index is 0.566. The number of aryl methyl sites for hydroxylation is 1. The number of rotatable bonds is 6. The van der Waals surface area contributed by atoms with Crippen LogP contribution in [0.5, 0.6) is 5.75 Å². The van der Waals surface area contributed by atoms with Crippen molar-refractivity contribution in [3.63, 3.8) is 0 Å². The molecule has 1 aromatic rings. The van der Waals surface area contributed by atoms with E-state index in [4.69, 9.17) is 10.5 Å². The first-order chi connectivity index (χ1) is 7.22. The summed E-state index contributed by atoms with van der Waals surface area (Å²) in [6.07, 6.45) is 2.35. The summed E-state index contributed by atoms with van der Waals surface area (Å²) in [5.41, 5.74) is 6.73. The van der Waals surface area contributed by atoms with E-state index in [9.17, 15) is 0 Å². The Kier molecular flexibility index (Phi) is 5.19. The van der Waals surface area contributed by atoms with Gasteiger partial charge in [0.05, 0.1) is 0 Å². The largest absolute Gasteiger partial charge is 0.492 e. The average Bonchev–Trinajstić information content (AvgIpc) is 2.24. The van der Waals surface area contributed by atoms with E-state index in [1.807, 2.05) is 12.1 Å². The molecule has 0 aliphatic heterocycles. The molecule has 0 amide bonds. The lowest BCUT2D eigenvalue weighted by molar-refractivity contribution is 0.328. The van der Waals surface area contributed by atoms with Gasteiger partial charge in [-0.1, -0.05) is 26.0 Å². The predicted molar refractivity (Wildman–Crippen MR) is 64.2 cm³/mol. The lowest BCUT2D eigenvalue weighted by Crippen LogP contribution is -2.10. The van der Waals surface area contributed by atoms with E-state index < -0.39 is 0 Å². The van der Waals surface area contributed by atoms with Gasteiger partial charge in [-0.3, -0.25) is 0 Å². The quantitative estimate of drug-likeness (QED) is 0.778. The second kappa shape index (κ2) is 6.46. The molecule has 0 atom stereocenters. The topological polar surface area (TPSA) is 35.2 Å². The smallest absolute Gasteiger partial charge is 0.119 e. The summed E-state index contributed by atoms with van der Waals surface area (Å²) >= 11 is 0. The molecule has 2 N–H and O–H groups in total. The summed E-state index contributed by atoms with van der Waals surface area (Å²) < 4.78 is 5.48. The fourth-order valence-electron chi connectivity index (χ4n) is 1.42. The Morgan fingerprint density at radius 2 is 2.13 bits per heavy atom. The van der Waals surface area contributed by atoms with Crippen molar-refractivity contribution in [2.75, 3.05) is 13.2 Å². The van der Waals surface area contributed by atoms with Gasteiger partial charge in [0.2, 0.25) is 0 Å². The second-order valence-corrected chi connectivity index (χ2v) is 4.22. The van der Waals surface area contributed by atoms with Crippen LogP contribution in [0.25, 0.3) is 0 Å². The highest BCUT2D eigenvalue weighted by molar-refractivity contribution is 5.28. The SMILES string of the molecule is CC(C)CCc1cccc(OCCN)c1. The molecule has 1 aromatic carbocycles. The number of benzene rings is 1. The third-order valence-corrected chi connectivity index (χ3v) is 2.30. The second-order valence-electron chi connectivity index (χ2n) is 4.22. The van der Waals surface area contributed by atoms with Crippen LogP contribution >= 0.6 is 0 Å². The third-order valence-electron chi connectivity index (χ3n) is 2.30. The van der Waals surface area contributed by atoms with Crippen molar-refractivity contribution in [3.8, 4) is 5.75 Å².